The Balaban J connectivity index is 2.64. The van der Waals surface area contributed by atoms with Crippen molar-refractivity contribution < 1.29 is 4.79 Å². The van der Waals surface area contributed by atoms with Crippen LogP contribution in [0.2, 0.25) is 0 Å². The van der Waals surface area contributed by atoms with Crippen molar-refractivity contribution in [2.45, 2.75) is 0 Å². The third-order valence-electron chi connectivity index (χ3n) is 1.72. The molecule has 1 aromatic carbocycles. The molecule has 0 aromatic heterocycles. The Morgan fingerprint density at radius 2 is 2.07 bits per heavy atom. The van der Waals surface area contributed by atoms with Gasteiger partial charge in [0.15, 0.2) is 0 Å². The molecule has 0 atom stereocenters. The molecule has 0 radical (unpaired) electrons. The van der Waals surface area contributed by atoms with Crippen molar-refractivity contribution in [3.63, 3.8) is 0 Å². The number of carbonyl (C=O) groups excluding carboxylic acids is 1. The average molecular weight is 289 g/mol. The summed E-state index contributed by atoms with van der Waals surface area (Å²) in [5.74, 6) is -0.217. The van der Waals surface area contributed by atoms with Crippen LogP contribution in [0.25, 0.3) is 6.08 Å². The Kier molecular flexibility index (Phi) is 5.43. The Labute approximate surface area is 102 Å². The molecular formula is C11H11BrClNO. The highest BCUT2D eigenvalue weighted by Crippen LogP contribution is 2.10. The van der Waals surface area contributed by atoms with Gasteiger partial charge in [0, 0.05) is 11.0 Å². The Hall–Kier alpha value is -0.800. The fourth-order valence-corrected chi connectivity index (χ4v) is 1.31. The van der Waals surface area contributed by atoms with Crippen molar-refractivity contribution in [1.29, 1.82) is 0 Å². The fourth-order valence-electron chi connectivity index (χ4n) is 1.05. The quantitative estimate of drug-likeness (QED) is 0.847. The van der Waals surface area contributed by atoms with Crippen LogP contribution in [0, 0.1) is 0 Å². The van der Waals surface area contributed by atoms with E-state index in [4.69, 9.17) is 11.6 Å². The zero-order valence-corrected chi connectivity index (χ0v) is 10.4. The van der Waals surface area contributed by atoms with Gasteiger partial charge in [-0.25, -0.2) is 0 Å². The SMILES string of the molecule is O=C(CCl)Nc1ccc(C=CCBr)cc1. The van der Waals surface area contributed by atoms with Crippen molar-refractivity contribution in [3.05, 3.63) is 35.9 Å². The van der Waals surface area contributed by atoms with Crippen LogP contribution < -0.4 is 5.32 Å². The Morgan fingerprint density at radius 3 is 2.60 bits per heavy atom. The summed E-state index contributed by atoms with van der Waals surface area (Å²) in [6, 6.07) is 7.56. The van der Waals surface area contributed by atoms with E-state index in [0.29, 0.717) is 0 Å². The molecule has 0 aliphatic rings. The van der Waals surface area contributed by atoms with E-state index < -0.39 is 0 Å². The molecule has 0 saturated carbocycles. The lowest BCUT2D eigenvalue weighted by Gasteiger charge is -2.02. The zero-order chi connectivity index (χ0) is 11.1. The van der Waals surface area contributed by atoms with Gasteiger partial charge in [0.25, 0.3) is 0 Å². The van der Waals surface area contributed by atoms with Crippen LogP contribution in [-0.4, -0.2) is 17.1 Å². The van der Waals surface area contributed by atoms with Gasteiger partial charge in [-0.15, -0.1) is 11.6 Å². The molecule has 0 bridgehead atoms. The highest BCUT2D eigenvalue weighted by Gasteiger charge is 1.98. The monoisotopic (exact) mass is 287 g/mol. The van der Waals surface area contributed by atoms with Crippen LogP contribution in [0.5, 0.6) is 0 Å². The smallest absolute Gasteiger partial charge is 0.239 e. The first kappa shape index (κ1) is 12.3. The van der Waals surface area contributed by atoms with Gasteiger partial charge < -0.3 is 5.32 Å². The first-order valence-electron chi connectivity index (χ1n) is 4.44. The van der Waals surface area contributed by atoms with Gasteiger partial charge in [-0.05, 0) is 17.7 Å². The lowest BCUT2D eigenvalue weighted by Crippen LogP contribution is -2.12. The van der Waals surface area contributed by atoms with E-state index in [-0.39, 0.29) is 11.8 Å². The summed E-state index contributed by atoms with van der Waals surface area (Å²) in [5.41, 5.74) is 1.86. The van der Waals surface area contributed by atoms with Crippen molar-refractivity contribution in [2.75, 3.05) is 16.5 Å². The number of carbonyl (C=O) groups is 1. The maximum Gasteiger partial charge on any atom is 0.239 e. The predicted octanol–water partition coefficient (Wildman–Crippen LogP) is 3.27. The lowest BCUT2D eigenvalue weighted by molar-refractivity contribution is -0.113. The number of rotatable bonds is 4. The van der Waals surface area contributed by atoms with Crippen LogP contribution in [0.4, 0.5) is 5.69 Å². The van der Waals surface area contributed by atoms with E-state index in [0.717, 1.165) is 16.6 Å². The van der Waals surface area contributed by atoms with Crippen molar-refractivity contribution in [3.8, 4) is 0 Å². The number of amides is 1. The molecule has 0 heterocycles. The highest BCUT2D eigenvalue weighted by molar-refractivity contribution is 9.09. The molecule has 1 N–H and O–H groups in total. The second-order valence-corrected chi connectivity index (χ2v) is 3.78. The van der Waals surface area contributed by atoms with E-state index in [1.807, 2.05) is 36.4 Å². The molecule has 4 heteroatoms. The highest BCUT2D eigenvalue weighted by atomic mass is 79.9. The number of benzene rings is 1. The van der Waals surface area contributed by atoms with Crippen molar-refractivity contribution >= 4 is 45.2 Å². The van der Waals surface area contributed by atoms with Gasteiger partial charge >= 0.3 is 0 Å². The minimum atomic E-state index is -0.194. The number of hydrogen-bond acceptors (Lipinski definition) is 1. The lowest BCUT2D eigenvalue weighted by atomic mass is 10.2. The number of halogens is 2. The van der Waals surface area contributed by atoms with Gasteiger partial charge in [-0.1, -0.05) is 40.2 Å². The van der Waals surface area contributed by atoms with Gasteiger partial charge in [-0.2, -0.15) is 0 Å². The fraction of sp³-hybridized carbons (Fsp3) is 0.182. The van der Waals surface area contributed by atoms with Crippen LogP contribution in [0.15, 0.2) is 30.3 Å². The molecule has 0 spiro atoms. The summed E-state index contributed by atoms with van der Waals surface area (Å²) in [4.78, 5) is 11.0. The molecule has 0 unspecified atom stereocenters. The molecule has 0 aliphatic carbocycles. The summed E-state index contributed by atoms with van der Waals surface area (Å²) < 4.78 is 0. The second-order valence-electron chi connectivity index (χ2n) is 2.86. The van der Waals surface area contributed by atoms with E-state index in [9.17, 15) is 4.79 Å². The first-order valence-corrected chi connectivity index (χ1v) is 6.10. The minimum absolute atomic E-state index is 0.0226. The number of anilines is 1. The third-order valence-corrected chi connectivity index (χ3v) is 2.33. The Morgan fingerprint density at radius 1 is 1.40 bits per heavy atom. The van der Waals surface area contributed by atoms with E-state index >= 15 is 0 Å². The largest absolute Gasteiger partial charge is 0.325 e. The van der Waals surface area contributed by atoms with Crippen molar-refractivity contribution in [2.24, 2.45) is 0 Å². The molecule has 1 amide bonds. The maximum absolute atomic E-state index is 11.0. The maximum atomic E-state index is 11.0. The molecule has 0 saturated heterocycles. The Bertz CT molecular complexity index is 348. The molecule has 0 aliphatic heterocycles. The molecule has 15 heavy (non-hydrogen) atoms. The van der Waals surface area contributed by atoms with Gasteiger partial charge in [-0.3, -0.25) is 4.79 Å². The first-order chi connectivity index (χ1) is 7.26. The average Bonchev–Trinajstić information content (AvgIpc) is 2.28. The minimum Gasteiger partial charge on any atom is -0.325 e. The van der Waals surface area contributed by atoms with Gasteiger partial charge in [0.1, 0.15) is 5.88 Å². The molecular weight excluding hydrogens is 277 g/mol. The van der Waals surface area contributed by atoms with E-state index in [1.165, 1.54) is 0 Å². The van der Waals surface area contributed by atoms with Gasteiger partial charge in [0.2, 0.25) is 5.91 Å². The number of nitrogens with one attached hydrogen (secondary N) is 1. The standard InChI is InChI=1S/C11H11BrClNO/c12-7-1-2-9-3-5-10(6-4-9)14-11(15)8-13/h1-6H,7-8H2,(H,14,15). The van der Waals surface area contributed by atoms with Crippen LogP contribution in [0.3, 0.4) is 0 Å². The second kappa shape index (κ2) is 6.64. The zero-order valence-electron chi connectivity index (χ0n) is 8.04. The van der Waals surface area contributed by atoms with E-state index in [2.05, 4.69) is 21.2 Å². The molecule has 2 nitrogen and oxygen atoms in total. The number of alkyl halides is 2. The number of hydrogen-bond donors (Lipinski definition) is 1. The van der Waals surface area contributed by atoms with Crippen LogP contribution in [-0.2, 0) is 4.79 Å². The van der Waals surface area contributed by atoms with Gasteiger partial charge in [0.05, 0.1) is 0 Å². The van der Waals surface area contributed by atoms with Crippen LogP contribution >= 0.6 is 27.5 Å². The summed E-state index contributed by atoms with van der Waals surface area (Å²) in [6.45, 7) is 0. The molecule has 1 rings (SSSR count). The number of allylic oxidation sites excluding steroid dienone is 1. The summed E-state index contributed by atoms with van der Waals surface area (Å²) >= 11 is 8.68. The van der Waals surface area contributed by atoms with Crippen molar-refractivity contribution in [1.82, 2.24) is 0 Å². The summed E-state index contributed by atoms with van der Waals surface area (Å²) in [7, 11) is 0. The predicted molar refractivity (Wildman–Crippen MR) is 68.6 cm³/mol. The summed E-state index contributed by atoms with van der Waals surface area (Å²) in [5, 5.41) is 3.50. The van der Waals surface area contributed by atoms with E-state index in [1.54, 1.807) is 0 Å². The molecule has 0 fully saturated rings. The topological polar surface area (TPSA) is 29.1 Å². The summed E-state index contributed by atoms with van der Waals surface area (Å²) in [6.07, 6.45) is 4.01. The molecule has 1 aromatic rings. The van der Waals surface area contributed by atoms with Crippen LogP contribution in [0.1, 0.15) is 5.56 Å². The normalized spacial score (nSPS) is 10.5. The molecule has 80 valence electrons. The third kappa shape index (κ3) is 4.49.